The fourth-order valence-corrected chi connectivity index (χ4v) is 3.35. The minimum atomic E-state index is -0.752. The van der Waals surface area contributed by atoms with Crippen LogP contribution in [-0.4, -0.2) is 34.7 Å². The van der Waals surface area contributed by atoms with Crippen molar-refractivity contribution < 1.29 is 18.6 Å². The highest BCUT2D eigenvalue weighted by atomic mass is 35.5. The molecule has 26 heavy (non-hydrogen) atoms. The molecule has 0 radical (unpaired) electrons. The van der Waals surface area contributed by atoms with Crippen LogP contribution in [0.5, 0.6) is 5.88 Å². The Morgan fingerprint density at radius 2 is 2.12 bits per heavy atom. The fourth-order valence-electron chi connectivity index (χ4n) is 2.32. The fraction of sp³-hybridized carbons (Fsp3) is 0.412. The first-order valence-corrected chi connectivity index (χ1v) is 9.33. The molecule has 0 bridgehead atoms. The number of aromatic nitrogens is 2. The lowest BCUT2D eigenvalue weighted by atomic mass is 10.2. The minimum Gasteiger partial charge on any atom is -0.456 e. The van der Waals surface area contributed by atoms with Gasteiger partial charge >= 0.3 is 0 Å². The summed E-state index contributed by atoms with van der Waals surface area (Å²) < 4.78 is 29.8. The monoisotopic (exact) mass is 399 g/mol. The lowest BCUT2D eigenvalue weighted by Gasteiger charge is -2.21. The van der Waals surface area contributed by atoms with E-state index in [1.165, 1.54) is 30.0 Å². The molecular formula is C17H19ClFN3O3S. The maximum absolute atomic E-state index is 13.0. The number of hydrogen-bond donors (Lipinski definition) is 1. The minimum absolute atomic E-state index is 0.243. The van der Waals surface area contributed by atoms with E-state index in [0.29, 0.717) is 17.5 Å². The zero-order valence-corrected chi connectivity index (χ0v) is 15.9. The van der Waals surface area contributed by atoms with Crippen LogP contribution in [0.1, 0.15) is 19.4 Å². The molecule has 0 unspecified atom stereocenters. The van der Waals surface area contributed by atoms with Gasteiger partial charge in [-0.3, -0.25) is 5.73 Å². The van der Waals surface area contributed by atoms with Gasteiger partial charge in [-0.05, 0) is 31.5 Å². The first kappa shape index (κ1) is 19.3. The lowest BCUT2D eigenvalue weighted by molar-refractivity contribution is -0.148. The van der Waals surface area contributed by atoms with Gasteiger partial charge in [0.2, 0.25) is 5.88 Å². The zero-order valence-electron chi connectivity index (χ0n) is 14.3. The molecule has 0 saturated carbocycles. The van der Waals surface area contributed by atoms with E-state index in [2.05, 4.69) is 9.97 Å². The van der Waals surface area contributed by atoms with Crippen molar-refractivity contribution in [2.75, 3.05) is 6.61 Å². The molecule has 2 aromatic rings. The molecular weight excluding hydrogens is 381 g/mol. The number of rotatable bonds is 6. The molecule has 0 spiro atoms. The molecule has 1 saturated heterocycles. The standard InChI is InChI=1S/C17H19ClFN3O3S/c1-17(2)23-8-12(25-17)15(20)24-14-7-13(18)21-16(22-14)26-9-10-3-5-11(19)6-4-10/h3-7,12,15H,8-9,20H2,1-2H3/t12-,15-/m0/s1. The third-order valence-corrected chi connectivity index (χ3v) is 4.70. The summed E-state index contributed by atoms with van der Waals surface area (Å²) in [5.41, 5.74) is 6.98. The molecule has 6 nitrogen and oxygen atoms in total. The van der Waals surface area contributed by atoms with E-state index in [0.717, 1.165) is 5.56 Å². The quantitative estimate of drug-likeness (QED) is 0.345. The highest BCUT2D eigenvalue weighted by Crippen LogP contribution is 2.27. The Kier molecular flexibility index (Phi) is 5.99. The predicted molar refractivity (Wildman–Crippen MR) is 96.5 cm³/mol. The summed E-state index contributed by atoms with van der Waals surface area (Å²) in [5, 5.41) is 0.681. The smallest absolute Gasteiger partial charge is 0.220 e. The Morgan fingerprint density at radius 1 is 1.38 bits per heavy atom. The van der Waals surface area contributed by atoms with Gasteiger partial charge in [0.05, 0.1) is 6.61 Å². The Labute approximate surface area is 160 Å². The van der Waals surface area contributed by atoms with Gasteiger partial charge in [-0.25, -0.2) is 9.37 Å². The van der Waals surface area contributed by atoms with Gasteiger partial charge in [-0.2, -0.15) is 4.98 Å². The van der Waals surface area contributed by atoms with Crippen molar-refractivity contribution in [3.8, 4) is 5.88 Å². The Morgan fingerprint density at radius 3 is 2.77 bits per heavy atom. The van der Waals surface area contributed by atoms with Gasteiger partial charge in [0.1, 0.15) is 17.1 Å². The van der Waals surface area contributed by atoms with Crippen molar-refractivity contribution in [2.24, 2.45) is 5.73 Å². The summed E-state index contributed by atoms with van der Waals surface area (Å²) in [4.78, 5) is 8.47. The van der Waals surface area contributed by atoms with Crippen LogP contribution in [0.3, 0.4) is 0 Å². The topological polar surface area (TPSA) is 79.5 Å². The summed E-state index contributed by atoms with van der Waals surface area (Å²) >= 11 is 7.41. The molecule has 0 aliphatic carbocycles. The highest BCUT2D eigenvalue weighted by molar-refractivity contribution is 7.98. The number of nitrogens with two attached hydrogens (primary N) is 1. The van der Waals surface area contributed by atoms with Crippen LogP contribution in [0, 0.1) is 5.82 Å². The number of nitrogens with zero attached hydrogens (tertiary/aromatic N) is 2. The Balaban J connectivity index is 1.62. The second-order valence-corrected chi connectivity index (χ2v) is 7.51. The summed E-state index contributed by atoms with van der Waals surface area (Å²) in [7, 11) is 0. The van der Waals surface area contributed by atoms with Gasteiger partial charge in [0.25, 0.3) is 0 Å². The Bertz CT molecular complexity index is 763. The molecule has 1 aromatic carbocycles. The molecule has 9 heteroatoms. The van der Waals surface area contributed by atoms with Crippen molar-refractivity contribution in [3.63, 3.8) is 0 Å². The molecule has 2 atom stereocenters. The first-order chi connectivity index (χ1) is 12.3. The molecule has 1 aliphatic rings. The van der Waals surface area contributed by atoms with E-state index in [-0.39, 0.29) is 16.9 Å². The molecule has 2 N–H and O–H groups in total. The van der Waals surface area contributed by atoms with Crippen molar-refractivity contribution >= 4 is 23.4 Å². The predicted octanol–water partition coefficient (Wildman–Crippen LogP) is 3.38. The van der Waals surface area contributed by atoms with Crippen LogP contribution < -0.4 is 10.5 Å². The SMILES string of the molecule is CC1(C)OC[C@@H]([C@@H](N)Oc2cc(Cl)nc(SCc3ccc(F)cc3)n2)O1. The molecule has 3 rings (SSSR count). The summed E-state index contributed by atoms with van der Waals surface area (Å²) in [6.07, 6.45) is -1.16. The number of thioether (sulfide) groups is 1. The van der Waals surface area contributed by atoms with Crippen LogP contribution in [0.4, 0.5) is 4.39 Å². The third kappa shape index (κ3) is 5.28. The summed E-state index contributed by atoms with van der Waals surface area (Å²) in [6, 6.07) is 7.73. The van der Waals surface area contributed by atoms with E-state index in [1.54, 1.807) is 12.1 Å². The van der Waals surface area contributed by atoms with Crippen molar-refractivity contribution in [1.29, 1.82) is 0 Å². The normalized spacial score (nSPS) is 20.1. The van der Waals surface area contributed by atoms with E-state index in [1.807, 2.05) is 13.8 Å². The van der Waals surface area contributed by atoms with E-state index < -0.39 is 18.1 Å². The molecule has 0 amide bonds. The van der Waals surface area contributed by atoms with Crippen molar-refractivity contribution in [2.45, 2.75) is 42.9 Å². The van der Waals surface area contributed by atoms with Crippen molar-refractivity contribution in [3.05, 3.63) is 46.9 Å². The third-order valence-electron chi connectivity index (χ3n) is 3.59. The lowest BCUT2D eigenvalue weighted by Crippen LogP contribution is -2.42. The Hall–Kier alpha value is -1.45. The van der Waals surface area contributed by atoms with Gasteiger partial charge in [0.15, 0.2) is 17.2 Å². The van der Waals surface area contributed by atoms with Crippen LogP contribution in [0.15, 0.2) is 35.5 Å². The van der Waals surface area contributed by atoms with Crippen LogP contribution in [0.25, 0.3) is 0 Å². The second kappa shape index (κ2) is 8.06. The van der Waals surface area contributed by atoms with Gasteiger partial charge in [-0.1, -0.05) is 35.5 Å². The molecule has 1 fully saturated rings. The van der Waals surface area contributed by atoms with E-state index >= 15 is 0 Å². The number of ether oxygens (including phenoxy) is 3. The van der Waals surface area contributed by atoms with Gasteiger partial charge in [0, 0.05) is 11.8 Å². The molecule has 140 valence electrons. The van der Waals surface area contributed by atoms with Crippen LogP contribution in [-0.2, 0) is 15.2 Å². The largest absolute Gasteiger partial charge is 0.456 e. The van der Waals surface area contributed by atoms with Crippen LogP contribution in [0.2, 0.25) is 5.15 Å². The zero-order chi connectivity index (χ0) is 18.7. The number of halogens is 2. The van der Waals surface area contributed by atoms with Crippen molar-refractivity contribution in [1.82, 2.24) is 9.97 Å². The highest BCUT2D eigenvalue weighted by Gasteiger charge is 2.37. The first-order valence-electron chi connectivity index (χ1n) is 7.96. The maximum Gasteiger partial charge on any atom is 0.220 e. The molecule has 2 heterocycles. The molecule has 1 aliphatic heterocycles. The van der Waals surface area contributed by atoms with Gasteiger partial charge < -0.3 is 14.2 Å². The van der Waals surface area contributed by atoms with Crippen LogP contribution >= 0.6 is 23.4 Å². The summed E-state index contributed by atoms with van der Waals surface area (Å²) in [6.45, 7) is 3.95. The average molecular weight is 400 g/mol. The maximum atomic E-state index is 13.0. The average Bonchev–Trinajstić information content (AvgIpc) is 2.94. The number of benzene rings is 1. The van der Waals surface area contributed by atoms with E-state index in [9.17, 15) is 4.39 Å². The molecule has 1 aromatic heterocycles. The van der Waals surface area contributed by atoms with E-state index in [4.69, 9.17) is 31.5 Å². The second-order valence-electron chi connectivity index (χ2n) is 6.18. The number of hydrogen-bond acceptors (Lipinski definition) is 7. The summed E-state index contributed by atoms with van der Waals surface area (Å²) in [5.74, 6) is -0.137. The van der Waals surface area contributed by atoms with Gasteiger partial charge in [-0.15, -0.1) is 0 Å².